The highest BCUT2D eigenvalue weighted by Gasteiger charge is 2.32. The van der Waals surface area contributed by atoms with Crippen molar-refractivity contribution >= 4 is 11.3 Å². The first-order valence-electron chi connectivity index (χ1n) is 7.54. The van der Waals surface area contributed by atoms with Crippen LogP contribution in [0.2, 0.25) is 0 Å². The Morgan fingerprint density at radius 2 is 2.00 bits per heavy atom. The fourth-order valence-corrected chi connectivity index (χ4v) is 4.70. The van der Waals surface area contributed by atoms with Crippen molar-refractivity contribution in [3.63, 3.8) is 0 Å². The number of likely N-dealkylation sites (N-methyl/N-ethyl adjacent to an activating group) is 1. The predicted octanol–water partition coefficient (Wildman–Crippen LogP) is 3.96. The Morgan fingerprint density at radius 1 is 1.32 bits per heavy atom. The van der Waals surface area contributed by atoms with Crippen LogP contribution in [0.15, 0.2) is 12.1 Å². The second kappa shape index (κ2) is 6.38. The van der Waals surface area contributed by atoms with E-state index in [1.165, 1.54) is 35.4 Å². The van der Waals surface area contributed by atoms with Crippen LogP contribution in [0.1, 0.15) is 55.3 Å². The van der Waals surface area contributed by atoms with Gasteiger partial charge in [-0.05, 0) is 51.8 Å². The fraction of sp³-hybridized carbons (Fsp3) is 0.750. The van der Waals surface area contributed by atoms with Gasteiger partial charge in [0.15, 0.2) is 0 Å². The molecule has 1 heterocycles. The largest absolute Gasteiger partial charge is 0.326 e. The van der Waals surface area contributed by atoms with Crippen LogP contribution in [0.3, 0.4) is 0 Å². The predicted molar refractivity (Wildman–Crippen MR) is 84.6 cm³/mol. The lowest BCUT2D eigenvalue weighted by Crippen LogP contribution is -2.46. The standard InChI is InChI=1S/C16H28N2S/c1-11-7-5-6-8-14(11)18(4)16(13(3)17)15-10-9-12(2)19-15/h9-11,13-14,16H,5-8,17H2,1-4H3. The van der Waals surface area contributed by atoms with Gasteiger partial charge in [0.2, 0.25) is 0 Å². The molecule has 1 aliphatic rings. The van der Waals surface area contributed by atoms with E-state index < -0.39 is 0 Å². The van der Waals surface area contributed by atoms with Crippen LogP contribution >= 0.6 is 11.3 Å². The SMILES string of the molecule is Cc1ccc(C(C(C)N)N(C)C2CCCCC2C)s1. The fourth-order valence-electron chi connectivity index (χ4n) is 3.55. The molecule has 0 saturated heterocycles. The summed E-state index contributed by atoms with van der Waals surface area (Å²) >= 11 is 1.90. The third kappa shape index (κ3) is 3.39. The molecule has 1 fully saturated rings. The Morgan fingerprint density at radius 3 is 2.53 bits per heavy atom. The first kappa shape index (κ1) is 15.0. The van der Waals surface area contributed by atoms with Gasteiger partial charge in [0.1, 0.15) is 0 Å². The molecule has 1 aliphatic carbocycles. The van der Waals surface area contributed by atoms with Crippen molar-refractivity contribution in [2.24, 2.45) is 11.7 Å². The van der Waals surface area contributed by atoms with Crippen molar-refractivity contribution in [2.45, 2.75) is 64.6 Å². The van der Waals surface area contributed by atoms with E-state index >= 15 is 0 Å². The summed E-state index contributed by atoms with van der Waals surface area (Å²) in [5.41, 5.74) is 6.30. The zero-order chi connectivity index (χ0) is 14.0. The summed E-state index contributed by atoms with van der Waals surface area (Å²) in [6.45, 7) is 6.72. The topological polar surface area (TPSA) is 29.3 Å². The number of rotatable bonds is 4. The van der Waals surface area contributed by atoms with Crippen LogP contribution in [-0.2, 0) is 0 Å². The average molecular weight is 280 g/mol. The van der Waals surface area contributed by atoms with Crippen molar-refractivity contribution in [3.8, 4) is 0 Å². The third-order valence-corrected chi connectivity index (χ3v) is 5.65. The molecule has 4 unspecified atom stereocenters. The van der Waals surface area contributed by atoms with Gasteiger partial charge < -0.3 is 5.73 Å². The van der Waals surface area contributed by atoms with Gasteiger partial charge in [0.05, 0.1) is 6.04 Å². The third-order valence-electron chi connectivity index (χ3n) is 4.58. The van der Waals surface area contributed by atoms with Gasteiger partial charge in [-0.2, -0.15) is 0 Å². The normalized spacial score (nSPS) is 27.5. The smallest absolute Gasteiger partial charge is 0.0590 e. The van der Waals surface area contributed by atoms with E-state index in [4.69, 9.17) is 5.73 Å². The maximum Gasteiger partial charge on any atom is 0.0590 e. The van der Waals surface area contributed by atoms with E-state index in [0.29, 0.717) is 12.1 Å². The second-order valence-electron chi connectivity index (χ2n) is 6.25. The first-order chi connectivity index (χ1) is 9.00. The van der Waals surface area contributed by atoms with Crippen molar-refractivity contribution in [1.82, 2.24) is 4.90 Å². The number of aryl methyl sites for hydroxylation is 1. The average Bonchev–Trinajstić information content (AvgIpc) is 2.75. The Hall–Kier alpha value is -0.380. The highest BCUT2D eigenvalue weighted by atomic mass is 32.1. The van der Waals surface area contributed by atoms with Gasteiger partial charge >= 0.3 is 0 Å². The lowest BCUT2D eigenvalue weighted by molar-refractivity contribution is 0.0875. The number of thiophene rings is 1. The van der Waals surface area contributed by atoms with Crippen LogP contribution < -0.4 is 5.73 Å². The molecule has 108 valence electrons. The highest BCUT2D eigenvalue weighted by molar-refractivity contribution is 7.12. The summed E-state index contributed by atoms with van der Waals surface area (Å²) in [5, 5.41) is 0. The van der Waals surface area contributed by atoms with E-state index in [2.05, 4.69) is 44.9 Å². The number of nitrogens with two attached hydrogens (primary N) is 1. The Labute approximate surface area is 122 Å². The maximum absolute atomic E-state index is 6.30. The molecule has 0 amide bonds. The van der Waals surface area contributed by atoms with E-state index in [1.807, 2.05) is 11.3 Å². The summed E-state index contributed by atoms with van der Waals surface area (Å²) in [5.74, 6) is 0.793. The molecular weight excluding hydrogens is 252 g/mol. The molecule has 1 saturated carbocycles. The molecule has 3 heteroatoms. The molecule has 19 heavy (non-hydrogen) atoms. The highest BCUT2D eigenvalue weighted by Crippen LogP contribution is 2.35. The Kier molecular flexibility index (Phi) is 5.04. The molecule has 0 aromatic carbocycles. The van der Waals surface area contributed by atoms with E-state index in [9.17, 15) is 0 Å². The Bertz CT molecular complexity index is 399. The van der Waals surface area contributed by atoms with Gasteiger partial charge in [-0.1, -0.05) is 19.8 Å². The zero-order valence-corrected chi connectivity index (χ0v) is 13.5. The lowest BCUT2D eigenvalue weighted by Gasteiger charge is -2.42. The van der Waals surface area contributed by atoms with Gasteiger partial charge in [-0.15, -0.1) is 11.3 Å². The molecule has 2 N–H and O–H groups in total. The number of nitrogens with zero attached hydrogens (tertiary/aromatic N) is 1. The van der Waals surface area contributed by atoms with E-state index in [-0.39, 0.29) is 6.04 Å². The van der Waals surface area contributed by atoms with Crippen LogP contribution in [-0.4, -0.2) is 24.0 Å². The Balaban J connectivity index is 2.18. The number of hydrogen-bond acceptors (Lipinski definition) is 3. The van der Waals surface area contributed by atoms with Crippen molar-refractivity contribution in [1.29, 1.82) is 0 Å². The van der Waals surface area contributed by atoms with Crippen molar-refractivity contribution in [3.05, 3.63) is 21.9 Å². The van der Waals surface area contributed by atoms with Crippen molar-refractivity contribution in [2.75, 3.05) is 7.05 Å². The van der Waals surface area contributed by atoms with Crippen LogP contribution in [0.4, 0.5) is 0 Å². The molecule has 0 spiro atoms. The maximum atomic E-state index is 6.30. The molecule has 0 radical (unpaired) electrons. The molecule has 2 nitrogen and oxygen atoms in total. The quantitative estimate of drug-likeness (QED) is 0.904. The van der Waals surface area contributed by atoms with Gasteiger partial charge in [0.25, 0.3) is 0 Å². The molecule has 4 atom stereocenters. The van der Waals surface area contributed by atoms with Gasteiger partial charge in [0, 0.05) is 21.8 Å². The molecule has 1 aromatic rings. The summed E-state index contributed by atoms with van der Waals surface area (Å²) < 4.78 is 0. The molecular formula is C16H28N2S. The molecule has 1 aromatic heterocycles. The van der Waals surface area contributed by atoms with Gasteiger partial charge in [-0.3, -0.25) is 4.90 Å². The lowest BCUT2D eigenvalue weighted by atomic mass is 9.84. The van der Waals surface area contributed by atoms with Gasteiger partial charge in [-0.25, -0.2) is 0 Å². The summed E-state index contributed by atoms with van der Waals surface area (Å²) in [7, 11) is 2.27. The van der Waals surface area contributed by atoms with Crippen LogP contribution in [0, 0.1) is 12.8 Å². The molecule has 0 aliphatic heterocycles. The van der Waals surface area contributed by atoms with E-state index in [1.54, 1.807) is 0 Å². The summed E-state index contributed by atoms with van der Waals surface area (Å²) in [6, 6.07) is 5.71. The van der Waals surface area contributed by atoms with Crippen molar-refractivity contribution < 1.29 is 0 Å². The minimum Gasteiger partial charge on any atom is -0.326 e. The minimum absolute atomic E-state index is 0.178. The second-order valence-corrected chi connectivity index (χ2v) is 7.57. The first-order valence-corrected chi connectivity index (χ1v) is 8.36. The molecule has 2 rings (SSSR count). The minimum atomic E-state index is 0.178. The van der Waals surface area contributed by atoms with Crippen LogP contribution in [0.5, 0.6) is 0 Å². The monoisotopic (exact) mass is 280 g/mol. The number of hydrogen-bond donors (Lipinski definition) is 1. The molecule has 0 bridgehead atoms. The van der Waals surface area contributed by atoms with E-state index in [0.717, 1.165) is 5.92 Å². The van der Waals surface area contributed by atoms with Crippen LogP contribution in [0.25, 0.3) is 0 Å². The summed E-state index contributed by atoms with van der Waals surface area (Å²) in [6.07, 6.45) is 5.45. The zero-order valence-electron chi connectivity index (χ0n) is 12.7. The summed E-state index contributed by atoms with van der Waals surface area (Å²) in [4.78, 5) is 5.36.